The van der Waals surface area contributed by atoms with Crippen molar-refractivity contribution in [1.29, 1.82) is 0 Å². The maximum absolute atomic E-state index is 5.62. The van der Waals surface area contributed by atoms with E-state index in [4.69, 9.17) is 11.2 Å². The second-order valence-electron chi connectivity index (χ2n) is 0.702. The van der Waals surface area contributed by atoms with Crippen molar-refractivity contribution in [3.63, 3.8) is 0 Å². The Morgan fingerprint density at radius 2 is 1.67 bits per heavy atom. The van der Waals surface area contributed by atoms with Gasteiger partial charge in [-0.2, -0.15) is 0 Å². The first-order valence-electron chi connectivity index (χ1n) is 1.34. The van der Waals surface area contributed by atoms with E-state index in [1.54, 1.807) is 0 Å². The monoisotopic (exact) mass is 252 g/mol. The molecule has 0 amide bonds. The minimum Gasteiger partial charge on any atom is -0.0947 e. The fourth-order valence-electron chi connectivity index (χ4n) is 0.0319. The molecule has 0 aromatic rings. The van der Waals surface area contributed by atoms with Gasteiger partial charge in [-0.15, -0.1) is 0 Å². The van der Waals surface area contributed by atoms with Crippen LogP contribution in [0.3, 0.4) is 0 Å². The van der Waals surface area contributed by atoms with E-state index in [-0.39, 0.29) is 7.27 Å². The Morgan fingerprint density at radius 3 is 1.67 bits per heavy atom. The lowest BCUT2D eigenvalue weighted by Gasteiger charge is -1.93. The van der Waals surface area contributed by atoms with E-state index in [0.717, 1.165) is 10.1 Å². The highest BCUT2D eigenvalue weighted by Crippen LogP contribution is 2.43. The third-order valence-corrected chi connectivity index (χ3v) is 6.86. The molecule has 0 radical (unpaired) electrons. The van der Waals surface area contributed by atoms with E-state index in [2.05, 4.69) is 31.9 Å². The van der Waals surface area contributed by atoms with Crippen LogP contribution in [0.25, 0.3) is 0 Å². The smallest absolute Gasteiger partial charge is 0.0381 e. The zero-order valence-corrected chi connectivity index (χ0v) is 7.82. The number of rotatable bonds is 2. The third-order valence-electron chi connectivity index (χ3n) is 0.259. The van der Waals surface area contributed by atoms with Crippen LogP contribution < -0.4 is 0 Å². The Morgan fingerprint density at radius 1 is 1.33 bits per heavy atom. The predicted octanol–water partition coefficient (Wildman–Crippen LogP) is 3.33. The molecular weight excluding hydrogens is 250 g/mol. The number of alkyl halides is 2. The van der Waals surface area contributed by atoms with Crippen LogP contribution in [0.5, 0.6) is 0 Å². The summed E-state index contributed by atoms with van der Waals surface area (Å²) in [4.78, 5) is 0. The number of halogens is 3. The first-order valence-corrected chi connectivity index (χ1v) is 6.20. The summed E-state index contributed by atoms with van der Waals surface area (Å²) < 4.78 is 0. The van der Waals surface area contributed by atoms with Crippen molar-refractivity contribution in [2.75, 3.05) is 10.1 Å². The van der Waals surface area contributed by atoms with Gasteiger partial charge in [0, 0.05) is 17.4 Å². The summed E-state index contributed by atoms with van der Waals surface area (Å²) in [5.74, 6) is 0. The van der Waals surface area contributed by atoms with E-state index in [9.17, 15) is 0 Å². The van der Waals surface area contributed by atoms with Gasteiger partial charge in [0.2, 0.25) is 0 Å². The van der Waals surface area contributed by atoms with E-state index in [1.807, 2.05) is 0 Å². The topological polar surface area (TPSA) is 0 Å². The molecule has 0 atom stereocenters. The molecule has 0 fully saturated rings. The van der Waals surface area contributed by atoms with Crippen molar-refractivity contribution >= 4 is 50.4 Å². The highest BCUT2D eigenvalue weighted by molar-refractivity contribution is 9.12. The Labute approximate surface area is 60.4 Å². The molecule has 6 heavy (non-hydrogen) atoms. The fourth-order valence-corrected chi connectivity index (χ4v) is 2.59. The largest absolute Gasteiger partial charge is 0.0947 e. The molecule has 0 nitrogen and oxygen atoms in total. The van der Waals surface area contributed by atoms with Crippen LogP contribution >= 0.6 is 50.4 Å². The minimum absolute atomic E-state index is 0.271. The average Bonchev–Trinajstić information content (AvgIpc) is 1.65. The first-order chi connectivity index (χ1) is 2.81. The van der Waals surface area contributed by atoms with Crippen molar-refractivity contribution in [3.05, 3.63) is 0 Å². The zero-order chi connectivity index (χ0) is 4.99. The van der Waals surface area contributed by atoms with Crippen molar-refractivity contribution in [2.45, 2.75) is 0 Å². The molecule has 0 heterocycles. The Kier molecular flexibility index (Phi) is 6.18. The van der Waals surface area contributed by atoms with Crippen LogP contribution in [-0.2, 0) is 0 Å². The van der Waals surface area contributed by atoms with Crippen molar-refractivity contribution in [2.24, 2.45) is 0 Å². The van der Waals surface area contributed by atoms with Gasteiger partial charge in [0.05, 0.1) is 0 Å². The van der Waals surface area contributed by atoms with Gasteiger partial charge in [0.1, 0.15) is 0 Å². The predicted molar refractivity (Wildman–Crippen MR) is 40.4 cm³/mol. The van der Waals surface area contributed by atoms with Gasteiger partial charge < -0.3 is 0 Å². The van der Waals surface area contributed by atoms with Crippen LogP contribution in [-0.4, -0.2) is 10.1 Å². The van der Waals surface area contributed by atoms with Crippen molar-refractivity contribution in [3.8, 4) is 0 Å². The summed E-state index contributed by atoms with van der Waals surface area (Å²) in [5.41, 5.74) is 0. The number of hydrogen-bond donors (Lipinski definition) is 0. The summed E-state index contributed by atoms with van der Waals surface area (Å²) in [7, 11) is -0.271. The lowest BCUT2D eigenvalue weighted by molar-refractivity contribution is 2.16. The van der Waals surface area contributed by atoms with Gasteiger partial charge in [0.15, 0.2) is 0 Å². The van der Waals surface area contributed by atoms with Crippen LogP contribution in [0, 0.1) is 0 Å². The molecule has 4 heteroatoms. The van der Waals surface area contributed by atoms with Crippen LogP contribution in [0.1, 0.15) is 0 Å². The standard InChI is InChI=1S/C2H4Br2ClP/c3-1-6(5)2-4/h1-2H2. The molecule has 0 aromatic heterocycles. The van der Waals surface area contributed by atoms with Gasteiger partial charge in [-0.1, -0.05) is 43.1 Å². The molecule has 0 bridgehead atoms. The summed E-state index contributed by atoms with van der Waals surface area (Å²) in [6.07, 6.45) is 0. The zero-order valence-electron chi connectivity index (χ0n) is 3.00. The van der Waals surface area contributed by atoms with E-state index in [1.165, 1.54) is 0 Å². The van der Waals surface area contributed by atoms with Gasteiger partial charge in [0.25, 0.3) is 0 Å². The lowest BCUT2D eigenvalue weighted by atomic mass is 11.9. The fraction of sp³-hybridized carbons (Fsp3) is 1.00. The molecule has 0 aromatic carbocycles. The molecule has 0 saturated carbocycles. The maximum atomic E-state index is 5.62. The summed E-state index contributed by atoms with van der Waals surface area (Å²) in [5, 5.41) is 1.85. The molecule has 0 N–H and O–H groups in total. The maximum Gasteiger partial charge on any atom is 0.0381 e. The van der Waals surface area contributed by atoms with Gasteiger partial charge in [-0.25, -0.2) is 0 Å². The normalized spacial score (nSPS) is 10.0. The highest BCUT2D eigenvalue weighted by Gasteiger charge is 1.94. The van der Waals surface area contributed by atoms with E-state index in [0.29, 0.717) is 0 Å². The molecule has 0 aliphatic heterocycles. The lowest BCUT2D eigenvalue weighted by Crippen LogP contribution is -1.60. The van der Waals surface area contributed by atoms with Crippen molar-refractivity contribution in [1.82, 2.24) is 0 Å². The summed E-state index contributed by atoms with van der Waals surface area (Å²) in [6, 6.07) is 0. The van der Waals surface area contributed by atoms with Gasteiger partial charge in [-0.3, -0.25) is 0 Å². The molecule has 0 spiro atoms. The molecule has 0 aliphatic carbocycles. The Bertz CT molecular complexity index is 30.7. The number of hydrogen-bond acceptors (Lipinski definition) is 0. The van der Waals surface area contributed by atoms with Crippen LogP contribution in [0.4, 0.5) is 0 Å². The Hall–Kier alpha value is 1.68. The molecule has 0 unspecified atom stereocenters. The highest BCUT2D eigenvalue weighted by atomic mass is 79.9. The molecule has 38 valence electrons. The van der Waals surface area contributed by atoms with Crippen LogP contribution in [0.15, 0.2) is 0 Å². The average molecular weight is 254 g/mol. The Balaban J connectivity index is 2.75. The quantitative estimate of drug-likeness (QED) is 0.524. The SMILES string of the molecule is ClP(CBr)CBr. The molecule has 0 aliphatic rings. The molecule has 0 saturated heterocycles. The van der Waals surface area contributed by atoms with Gasteiger partial charge >= 0.3 is 0 Å². The second-order valence-corrected chi connectivity index (χ2v) is 6.55. The molecule has 0 rings (SSSR count). The summed E-state index contributed by atoms with van der Waals surface area (Å²) in [6.45, 7) is 0. The van der Waals surface area contributed by atoms with Crippen molar-refractivity contribution < 1.29 is 0 Å². The van der Waals surface area contributed by atoms with E-state index >= 15 is 0 Å². The summed E-state index contributed by atoms with van der Waals surface area (Å²) >= 11 is 12.1. The second kappa shape index (κ2) is 4.83. The third kappa shape index (κ3) is 3.86. The van der Waals surface area contributed by atoms with Crippen LogP contribution in [0.2, 0.25) is 0 Å². The van der Waals surface area contributed by atoms with E-state index < -0.39 is 0 Å². The first kappa shape index (κ1) is 7.68. The van der Waals surface area contributed by atoms with Gasteiger partial charge in [-0.05, 0) is 0 Å². The molecular formula is C2H4Br2ClP. The minimum atomic E-state index is -0.271.